The van der Waals surface area contributed by atoms with Gasteiger partial charge in [-0.05, 0) is 32.4 Å². The van der Waals surface area contributed by atoms with E-state index >= 15 is 0 Å². The Balaban J connectivity index is 2.21. The Kier molecular flexibility index (Phi) is 4.56. The molecule has 1 saturated heterocycles. The number of nitrogens with one attached hydrogen (secondary N) is 1. The number of nitrogens with zero attached hydrogens (tertiary/aromatic N) is 2. The lowest BCUT2D eigenvalue weighted by Crippen LogP contribution is -2.55. The molecule has 2 heterocycles. The summed E-state index contributed by atoms with van der Waals surface area (Å²) in [5.74, 6) is -0.532. The molecule has 1 aromatic heterocycles. The zero-order valence-corrected chi connectivity index (χ0v) is 15.2. The van der Waals surface area contributed by atoms with Crippen LogP contribution in [0.4, 0.5) is 5.69 Å². The van der Waals surface area contributed by atoms with Gasteiger partial charge in [-0.25, -0.2) is 12.7 Å². The summed E-state index contributed by atoms with van der Waals surface area (Å²) in [6.45, 7) is 9.95. The summed E-state index contributed by atoms with van der Waals surface area (Å²) in [7, 11) is -3.65. The first-order chi connectivity index (χ1) is 10.5. The monoisotopic (exact) mass is 339 g/mol. The number of sulfonamides is 1. The number of carbonyl (C=O) groups excluding carboxylic acids is 1. The molecule has 0 unspecified atom stereocenters. The molecule has 2 rings (SSSR count). The Bertz CT molecular complexity index is 702. The van der Waals surface area contributed by atoms with Crippen LogP contribution in [0.1, 0.15) is 46.7 Å². The first kappa shape index (κ1) is 17.9. The van der Waals surface area contributed by atoms with Gasteiger partial charge in [-0.1, -0.05) is 20.8 Å². The van der Waals surface area contributed by atoms with Crippen molar-refractivity contribution in [1.29, 1.82) is 0 Å². The van der Waals surface area contributed by atoms with E-state index in [0.717, 1.165) is 12.1 Å². The van der Waals surface area contributed by atoms with Crippen LogP contribution in [0.3, 0.4) is 0 Å². The molecule has 0 aromatic carbocycles. The SMILES string of the molecule is CC(C)(C)c1cc(NC(=O)C(C)(C)S(=O)(=O)N2CCC2)ccn1. The van der Waals surface area contributed by atoms with Crippen LogP contribution in [-0.2, 0) is 20.2 Å². The van der Waals surface area contributed by atoms with Gasteiger partial charge in [0.15, 0.2) is 4.75 Å². The molecule has 1 amide bonds. The normalized spacial score (nSPS) is 16.7. The van der Waals surface area contributed by atoms with Crippen molar-refractivity contribution in [2.24, 2.45) is 0 Å². The minimum atomic E-state index is -3.65. The van der Waals surface area contributed by atoms with Crippen molar-refractivity contribution < 1.29 is 13.2 Å². The molecular formula is C16H25N3O3S. The van der Waals surface area contributed by atoms with E-state index in [4.69, 9.17) is 0 Å². The van der Waals surface area contributed by atoms with Crippen molar-refractivity contribution in [3.8, 4) is 0 Å². The highest BCUT2D eigenvalue weighted by molar-refractivity contribution is 7.91. The molecule has 7 heteroatoms. The molecule has 128 valence electrons. The molecule has 0 bridgehead atoms. The van der Waals surface area contributed by atoms with Crippen molar-refractivity contribution in [2.45, 2.75) is 51.2 Å². The van der Waals surface area contributed by atoms with E-state index in [1.165, 1.54) is 18.2 Å². The van der Waals surface area contributed by atoms with Gasteiger partial charge < -0.3 is 5.32 Å². The van der Waals surface area contributed by atoms with Gasteiger partial charge in [0.1, 0.15) is 0 Å². The van der Waals surface area contributed by atoms with Crippen LogP contribution in [0.15, 0.2) is 18.3 Å². The van der Waals surface area contributed by atoms with Crippen LogP contribution in [0.25, 0.3) is 0 Å². The van der Waals surface area contributed by atoms with Gasteiger partial charge in [0.25, 0.3) is 0 Å². The van der Waals surface area contributed by atoms with E-state index in [2.05, 4.69) is 10.3 Å². The molecule has 0 spiro atoms. The standard InChI is InChI=1S/C16H25N3O3S/c1-15(2,3)13-11-12(7-8-17-13)18-14(20)16(4,5)23(21,22)19-9-6-10-19/h7-8,11H,6,9-10H2,1-5H3,(H,17,18,20). The molecule has 1 aromatic rings. The fourth-order valence-electron chi connectivity index (χ4n) is 2.17. The van der Waals surface area contributed by atoms with Gasteiger partial charge in [-0.3, -0.25) is 9.78 Å². The molecule has 23 heavy (non-hydrogen) atoms. The molecule has 6 nitrogen and oxygen atoms in total. The highest BCUT2D eigenvalue weighted by Crippen LogP contribution is 2.28. The number of pyridine rings is 1. The van der Waals surface area contributed by atoms with Crippen LogP contribution in [0.5, 0.6) is 0 Å². The lowest BCUT2D eigenvalue weighted by atomic mass is 9.91. The van der Waals surface area contributed by atoms with Crippen LogP contribution in [0.2, 0.25) is 0 Å². The van der Waals surface area contributed by atoms with Crippen molar-refractivity contribution in [1.82, 2.24) is 9.29 Å². The third-order valence-electron chi connectivity index (χ3n) is 4.13. The third-order valence-corrected chi connectivity index (χ3v) is 6.65. The number of anilines is 1. The van der Waals surface area contributed by atoms with Crippen molar-refractivity contribution in [2.75, 3.05) is 18.4 Å². The predicted octanol–water partition coefficient (Wildman–Crippen LogP) is 2.13. The van der Waals surface area contributed by atoms with Crippen LogP contribution in [-0.4, -0.2) is 41.5 Å². The van der Waals surface area contributed by atoms with Gasteiger partial charge >= 0.3 is 0 Å². The predicted molar refractivity (Wildman–Crippen MR) is 90.8 cm³/mol. The number of rotatable bonds is 4. The van der Waals surface area contributed by atoms with E-state index in [-0.39, 0.29) is 5.41 Å². The number of carbonyl (C=O) groups is 1. The fourth-order valence-corrected chi connectivity index (χ4v) is 3.84. The maximum Gasteiger partial charge on any atom is 0.246 e. The molecule has 1 aliphatic heterocycles. The maximum atomic E-state index is 12.5. The van der Waals surface area contributed by atoms with Crippen LogP contribution >= 0.6 is 0 Å². The van der Waals surface area contributed by atoms with E-state index in [1.54, 1.807) is 18.3 Å². The first-order valence-electron chi connectivity index (χ1n) is 7.74. The Morgan fingerprint density at radius 3 is 2.30 bits per heavy atom. The minimum Gasteiger partial charge on any atom is -0.325 e. The summed E-state index contributed by atoms with van der Waals surface area (Å²) in [6, 6.07) is 3.45. The molecule has 0 saturated carbocycles. The van der Waals surface area contributed by atoms with Gasteiger partial charge in [0.05, 0.1) is 0 Å². The zero-order chi connectivity index (χ0) is 17.5. The number of hydrogen-bond acceptors (Lipinski definition) is 4. The van der Waals surface area contributed by atoms with Gasteiger partial charge in [-0.2, -0.15) is 0 Å². The minimum absolute atomic E-state index is 0.153. The lowest BCUT2D eigenvalue weighted by molar-refractivity contribution is -0.118. The van der Waals surface area contributed by atoms with E-state index in [9.17, 15) is 13.2 Å². The second-order valence-electron chi connectivity index (χ2n) is 7.40. The second kappa shape index (κ2) is 5.87. The smallest absolute Gasteiger partial charge is 0.246 e. The summed E-state index contributed by atoms with van der Waals surface area (Å²) in [6.07, 6.45) is 2.46. The molecule has 1 aliphatic rings. The van der Waals surface area contributed by atoms with E-state index in [0.29, 0.717) is 18.8 Å². The van der Waals surface area contributed by atoms with E-state index < -0.39 is 20.7 Å². The Labute approximate surface area is 138 Å². The molecular weight excluding hydrogens is 314 g/mol. The van der Waals surface area contributed by atoms with E-state index in [1.807, 2.05) is 20.8 Å². The average Bonchev–Trinajstić information content (AvgIpc) is 2.35. The summed E-state index contributed by atoms with van der Waals surface area (Å²) in [5, 5.41) is 2.72. The Morgan fingerprint density at radius 1 is 1.22 bits per heavy atom. The maximum absolute atomic E-state index is 12.5. The molecule has 0 aliphatic carbocycles. The quantitative estimate of drug-likeness (QED) is 0.911. The van der Waals surface area contributed by atoms with Crippen molar-refractivity contribution in [3.05, 3.63) is 24.0 Å². The molecule has 1 fully saturated rings. The Hall–Kier alpha value is -1.47. The molecule has 0 radical (unpaired) electrons. The fraction of sp³-hybridized carbons (Fsp3) is 0.625. The number of aromatic nitrogens is 1. The van der Waals surface area contributed by atoms with Gasteiger partial charge in [0.2, 0.25) is 15.9 Å². The zero-order valence-electron chi connectivity index (χ0n) is 14.4. The highest BCUT2D eigenvalue weighted by Gasteiger charge is 2.47. The summed E-state index contributed by atoms with van der Waals surface area (Å²) in [4.78, 5) is 16.9. The number of hydrogen-bond donors (Lipinski definition) is 1. The summed E-state index contributed by atoms with van der Waals surface area (Å²) >= 11 is 0. The second-order valence-corrected chi connectivity index (χ2v) is 9.89. The lowest BCUT2D eigenvalue weighted by Gasteiger charge is -2.36. The molecule has 0 atom stereocenters. The van der Waals surface area contributed by atoms with Crippen LogP contribution in [0, 0.1) is 0 Å². The van der Waals surface area contributed by atoms with Gasteiger partial charge in [0, 0.05) is 36.1 Å². The average molecular weight is 339 g/mol. The van der Waals surface area contributed by atoms with Gasteiger partial charge in [-0.15, -0.1) is 0 Å². The van der Waals surface area contributed by atoms with Crippen molar-refractivity contribution >= 4 is 21.6 Å². The topological polar surface area (TPSA) is 79.4 Å². The third kappa shape index (κ3) is 3.40. The van der Waals surface area contributed by atoms with Crippen molar-refractivity contribution in [3.63, 3.8) is 0 Å². The Morgan fingerprint density at radius 2 is 1.83 bits per heavy atom. The highest BCUT2D eigenvalue weighted by atomic mass is 32.2. The summed E-state index contributed by atoms with van der Waals surface area (Å²) < 4.78 is 24.9. The largest absolute Gasteiger partial charge is 0.325 e. The first-order valence-corrected chi connectivity index (χ1v) is 9.18. The summed E-state index contributed by atoms with van der Waals surface area (Å²) in [5.41, 5.74) is 1.24. The number of amides is 1. The molecule has 1 N–H and O–H groups in total. The van der Waals surface area contributed by atoms with Crippen LogP contribution < -0.4 is 5.32 Å².